The third kappa shape index (κ3) is 1.14. The minimum absolute atomic E-state index is 0.134. The van der Waals surface area contributed by atoms with Gasteiger partial charge in [0.05, 0.1) is 0 Å². The summed E-state index contributed by atoms with van der Waals surface area (Å²) in [4.78, 5) is 0. The number of hydrogen-bond acceptors (Lipinski definition) is 0. The Morgan fingerprint density at radius 1 is 1.27 bits per heavy atom. The quantitative estimate of drug-likeness (QED) is 0.562. The van der Waals surface area contributed by atoms with Crippen molar-refractivity contribution in [2.75, 3.05) is 0 Å². The van der Waals surface area contributed by atoms with E-state index >= 15 is 0 Å². The van der Waals surface area contributed by atoms with Crippen molar-refractivity contribution in [2.45, 2.75) is 19.3 Å². The maximum Gasteiger partial charge on any atom is 0.128 e. The average molecular weight is 171 g/mol. The second-order valence-corrected chi connectivity index (χ2v) is 3.32. The minimum atomic E-state index is -0.134. The molecule has 1 aliphatic rings. The molecule has 0 nitrogen and oxygen atoms in total. The molecule has 0 fully saturated rings. The Bertz CT molecular complexity index is 294. The van der Waals surface area contributed by atoms with Crippen LogP contribution in [-0.2, 0) is 12.8 Å². The zero-order chi connectivity index (χ0) is 7.84. The minimum Gasteiger partial charge on any atom is -0.207 e. The molecule has 0 spiro atoms. The molecular weight excluding hydrogens is 163 g/mol. The van der Waals surface area contributed by atoms with Crippen LogP contribution < -0.4 is 0 Å². The highest BCUT2D eigenvalue weighted by Crippen LogP contribution is 2.27. The highest BCUT2D eigenvalue weighted by Gasteiger charge is 2.15. The Labute approximate surface area is 70.0 Å². The molecule has 11 heavy (non-hydrogen) atoms. The molecule has 0 saturated carbocycles. The van der Waals surface area contributed by atoms with Crippen molar-refractivity contribution >= 4 is 11.6 Å². The molecule has 0 aliphatic heterocycles. The van der Waals surface area contributed by atoms with Gasteiger partial charge < -0.3 is 0 Å². The first-order valence-electron chi connectivity index (χ1n) is 3.74. The molecule has 2 heteroatoms. The van der Waals surface area contributed by atoms with Crippen molar-refractivity contribution in [3.8, 4) is 0 Å². The Balaban J connectivity index is 2.60. The van der Waals surface area contributed by atoms with Crippen molar-refractivity contribution in [3.63, 3.8) is 0 Å². The number of aryl methyl sites for hydroxylation is 1. The van der Waals surface area contributed by atoms with Crippen LogP contribution in [0.1, 0.15) is 17.5 Å². The second-order valence-electron chi connectivity index (χ2n) is 2.88. The van der Waals surface area contributed by atoms with Gasteiger partial charge in [-0.2, -0.15) is 0 Å². The van der Waals surface area contributed by atoms with Crippen LogP contribution in [0.4, 0.5) is 4.39 Å². The largest absolute Gasteiger partial charge is 0.207 e. The normalized spacial score (nSPS) is 15.1. The maximum atomic E-state index is 13.1. The Kier molecular flexibility index (Phi) is 1.61. The first-order chi connectivity index (χ1) is 5.27. The molecule has 1 aromatic rings. The van der Waals surface area contributed by atoms with Gasteiger partial charge in [-0.05, 0) is 42.5 Å². The summed E-state index contributed by atoms with van der Waals surface area (Å²) in [5.41, 5.74) is 1.96. The van der Waals surface area contributed by atoms with E-state index < -0.39 is 0 Å². The predicted octanol–water partition coefficient (Wildman–Crippen LogP) is 2.97. The summed E-state index contributed by atoms with van der Waals surface area (Å²) in [5.74, 6) is -0.134. The van der Waals surface area contributed by atoms with Crippen molar-refractivity contribution in [1.29, 1.82) is 0 Å². The van der Waals surface area contributed by atoms with Crippen LogP contribution in [0.15, 0.2) is 12.1 Å². The third-order valence-corrected chi connectivity index (χ3v) is 2.34. The fraction of sp³-hybridized carbons (Fsp3) is 0.333. The molecule has 0 aromatic heterocycles. The van der Waals surface area contributed by atoms with Gasteiger partial charge in [0.1, 0.15) is 5.82 Å². The monoisotopic (exact) mass is 170 g/mol. The number of hydrogen-bond donors (Lipinski definition) is 0. The lowest BCUT2D eigenvalue weighted by Crippen LogP contribution is -1.87. The van der Waals surface area contributed by atoms with Gasteiger partial charge in [0.15, 0.2) is 0 Å². The number of fused-ring (bicyclic) bond motifs is 1. The van der Waals surface area contributed by atoms with E-state index in [1.165, 1.54) is 6.07 Å². The van der Waals surface area contributed by atoms with Crippen molar-refractivity contribution in [3.05, 3.63) is 34.1 Å². The molecule has 58 valence electrons. The van der Waals surface area contributed by atoms with E-state index in [0.29, 0.717) is 5.02 Å². The first-order valence-corrected chi connectivity index (χ1v) is 4.12. The average Bonchev–Trinajstić information content (AvgIpc) is 2.34. The van der Waals surface area contributed by atoms with Crippen LogP contribution in [0, 0.1) is 5.82 Å². The zero-order valence-electron chi connectivity index (χ0n) is 6.03. The molecule has 0 atom stereocenters. The van der Waals surface area contributed by atoms with Crippen LogP contribution in [-0.4, -0.2) is 0 Å². The van der Waals surface area contributed by atoms with Crippen LogP contribution in [0.2, 0.25) is 5.02 Å². The molecule has 0 amide bonds. The molecule has 0 heterocycles. The Hall–Kier alpha value is -0.560. The van der Waals surface area contributed by atoms with Gasteiger partial charge in [0.2, 0.25) is 0 Å². The Morgan fingerprint density at radius 3 is 2.91 bits per heavy atom. The first kappa shape index (κ1) is 7.11. The van der Waals surface area contributed by atoms with E-state index in [-0.39, 0.29) is 5.82 Å². The summed E-state index contributed by atoms with van der Waals surface area (Å²) in [7, 11) is 0. The van der Waals surface area contributed by atoms with E-state index in [1.54, 1.807) is 0 Å². The molecule has 1 aromatic carbocycles. The summed E-state index contributed by atoms with van der Waals surface area (Å²) < 4.78 is 13.1. The Morgan fingerprint density at radius 2 is 2.09 bits per heavy atom. The van der Waals surface area contributed by atoms with E-state index in [1.807, 2.05) is 6.07 Å². The van der Waals surface area contributed by atoms with Crippen LogP contribution in [0.3, 0.4) is 0 Å². The highest BCUT2D eigenvalue weighted by molar-refractivity contribution is 6.30. The molecule has 0 unspecified atom stereocenters. The van der Waals surface area contributed by atoms with Crippen LogP contribution in [0.5, 0.6) is 0 Å². The summed E-state index contributed by atoms with van der Waals surface area (Å²) >= 11 is 5.69. The number of rotatable bonds is 0. The van der Waals surface area contributed by atoms with Gasteiger partial charge in [0, 0.05) is 5.02 Å². The smallest absolute Gasteiger partial charge is 0.128 e. The van der Waals surface area contributed by atoms with Crippen molar-refractivity contribution < 1.29 is 4.39 Å². The summed E-state index contributed by atoms with van der Waals surface area (Å²) in [5, 5.41) is 0.517. The molecule has 0 bridgehead atoms. The van der Waals surface area contributed by atoms with Crippen molar-refractivity contribution in [2.24, 2.45) is 0 Å². The molecule has 0 saturated heterocycles. The fourth-order valence-corrected chi connectivity index (χ4v) is 1.84. The van der Waals surface area contributed by atoms with Gasteiger partial charge in [-0.25, -0.2) is 4.39 Å². The van der Waals surface area contributed by atoms with Crippen molar-refractivity contribution in [1.82, 2.24) is 0 Å². The fourth-order valence-electron chi connectivity index (χ4n) is 1.62. The van der Waals surface area contributed by atoms with E-state index in [4.69, 9.17) is 11.6 Å². The van der Waals surface area contributed by atoms with Crippen LogP contribution >= 0.6 is 11.6 Å². The molecular formula is C9H8ClF. The highest BCUT2D eigenvalue weighted by atomic mass is 35.5. The van der Waals surface area contributed by atoms with E-state index in [0.717, 1.165) is 30.4 Å². The van der Waals surface area contributed by atoms with Gasteiger partial charge in [0.25, 0.3) is 0 Å². The van der Waals surface area contributed by atoms with E-state index in [2.05, 4.69) is 0 Å². The SMILES string of the molecule is Fc1cc(Cl)cc2c1CCC2. The van der Waals surface area contributed by atoms with Gasteiger partial charge in [-0.3, -0.25) is 0 Å². The number of benzene rings is 1. The maximum absolute atomic E-state index is 13.1. The zero-order valence-corrected chi connectivity index (χ0v) is 6.79. The van der Waals surface area contributed by atoms with E-state index in [9.17, 15) is 4.39 Å². The summed E-state index contributed by atoms with van der Waals surface area (Å²) in [6.45, 7) is 0. The topological polar surface area (TPSA) is 0 Å². The lowest BCUT2D eigenvalue weighted by molar-refractivity contribution is 0.613. The molecule has 1 aliphatic carbocycles. The standard InChI is InChI=1S/C9H8ClF/c10-7-4-6-2-1-3-8(6)9(11)5-7/h4-5H,1-3H2. The molecule has 0 radical (unpaired) electrons. The third-order valence-electron chi connectivity index (χ3n) is 2.13. The van der Waals surface area contributed by atoms with Gasteiger partial charge in [-0.15, -0.1) is 0 Å². The van der Waals surface area contributed by atoms with Crippen LogP contribution in [0.25, 0.3) is 0 Å². The van der Waals surface area contributed by atoms with Gasteiger partial charge >= 0.3 is 0 Å². The summed E-state index contributed by atoms with van der Waals surface area (Å²) in [6.07, 6.45) is 2.91. The molecule has 2 rings (SSSR count). The van der Waals surface area contributed by atoms with Gasteiger partial charge in [-0.1, -0.05) is 11.6 Å². The molecule has 0 N–H and O–H groups in total. The lowest BCUT2D eigenvalue weighted by atomic mass is 10.1. The lowest BCUT2D eigenvalue weighted by Gasteiger charge is -2.00. The number of halogens is 2. The summed E-state index contributed by atoms with van der Waals surface area (Å²) in [6, 6.07) is 3.26. The predicted molar refractivity (Wildman–Crippen MR) is 43.4 cm³/mol. The second kappa shape index (κ2) is 2.49.